The van der Waals surface area contributed by atoms with E-state index in [1.54, 1.807) is 4.90 Å². The minimum atomic E-state index is -1.14. The van der Waals surface area contributed by atoms with Gasteiger partial charge in [-0.3, -0.25) is 14.8 Å². The molecular weight excluding hydrogens is 462 g/mol. The van der Waals surface area contributed by atoms with Crippen LogP contribution in [0.4, 0.5) is 13.8 Å². The number of aliphatic hydroxyl groups excluding tert-OH is 2. The summed E-state index contributed by atoms with van der Waals surface area (Å²) in [5.41, 5.74) is 3.55. The van der Waals surface area contributed by atoms with Gasteiger partial charge in [-0.25, -0.2) is 8.78 Å². The first-order valence-corrected chi connectivity index (χ1v) is 11.8. The normalized spacial score (nSPS) is 16.1. The molecule has 182 valence electrons. The van der Waals surface area contributed by atoms with Gasteiger partial charge in [0.1, 0.15) is 5.00 Å². The van der Waals surface area contributed by atoms with Gasteiger partial charge in [0.2, 0.25) is 6.35 Å². The van der Waals surface area contributed by atoms with Crippen molar-refractivity contribution in [1.29, 1.82) is 0 Å². The first kappa shape index (κ1) is 24.3. The number of rotatable bonds is 6. The zero-order chi connectivity index (χ0) is 24.9. The van der Waals surface area contributed by atoms with Crippen molar-refractivity contribution in [3.8, 4) is 11.1 Å². The number of anilines is 1. The Kier molecular flexibility index (Phi) is 6.50. The Bertz CT molecular complexity index is 1230. The third kappa shape index (κ3) is 3.99. The molecule has 4 rings (SSSR count). The summed E-state index contributed by atoms with van der Waals surface area (Å²) in [6.07, 6.45) is -0.728. The standard InChI is InChI=1S/C24H28F2N4O3S/c1-11(2)9-30-23-20(22(32)29(5)24(30)33)19(14-6-15(10-31)21(26)17(25)7-14)18(34-23)8-16-12(3)27-28-13(16)4/h6-7,11,24,31,33H,8-10H2,1-5H3,(H,27,28). The van der Waals surface area contributed by atoms with Gasteiger partial charge in [-0.2, -0.15) is 5.10 Å². The second-order valence-electron chi connectivity index (χ2n) is 9.07. The van der Waals surface area contributed by atoms with Crippen molar-refractivity contribution in [1.82, 2.24) is 15.1 Å². The number of benzene rings is 1. The Balaban J connectivity index is 2.01. The van der Waals surface area contributed by atoms with Crippen LogP contribution in [0.2, 0.25) is 0 Å². The minimum absolute atomic E-state index is 0.188. The van der Waals surface area contributed by atoms with E-state index in [1.807, 2.05) is 27.7 Å². The molecule has 1 unspecified atom stereocenters. The second-order valence-corrected chi connectivity index (χ2v) is 10.2. The molecule has 3 heterocycles. The monoisotopic (exact) mass is 490 g/mol. The van der Waals surface area contributed by atoms with Gasteiger partial charge in [-0.1, -0.05) is 13.8 Å². The number of nitrogens with one attached hydrogen (secondary N) is 1. The van der Waals surface area contributed by atoms with Crippen LogP contribution in [0.1, 0.15) is 51.6 Å². The van der Waals surface area contributed by atoms with Gasteiger partial charge in [-0.15, -0.1) is 11.3 Å². The van der Waals surface area contributed by atoms with Crippen molar-refractivity contribution in [3.63, 3.8) is 0 Å². The van der Waals surface area contributed by atoms with Gasteiger partial charge in [0.05, 0.1) is 17.9 Å². The predicted molar refractivity (Wildman–Crippen MR) is 127 cm³/mol. The van der Waals surface area contributed by atoms with Gasteiger partial charge in [0, 0.05) is 47.3 Å². The number of carbonyl (C=O) groups is 1. The first-order chi connectivity index (χ1) is 16.0. The summed E-state index contributed by atoms with van der Waals surface area (Å²) in [4.78, 5) is 17.2. The molecule has 10 heteroatoms. The summed E-state index contributed by atoms with van der Waals surface area (Å²) < 4.78 is 28.7. The van der Waals surface area contributed by atoms with E-state index in [-0.39, 0.29) is 11.5 Å². The number of H-pyrrole nitrogens is 1. The highest BCUT2D eigenvalue weighted by atomic mass is 32.1. The zero-order valence-corrected chi connectivity index (χ0v) is 20.6. The quantitative estimate of drug-likeness (QED) is 0.487. The fourth-order valence-corrected chi connectivity index (χ4v) is 5.71. The first-order valence-electron chi connectivity index (χ1n) is 11.0. The molecule has 0 saturated carbocycles. The van der Waals surface area contributed by atoms with Crippen LogP contribution in [-0.2, 0) is 13.0 Å². The highest BCUT2D eigenvalue weighted by Gasteiger charge is 2.40. The van der Waals surface area contributed by atoms with Crippen molar-refractivity contribution >= 4 is 22.2 Å². The third-order valence-corrected chi connectivity index (χ3v) is 7.35. The van der Waals surface area contributed by atoms with Gasteiger partial charge < -0.3 is 15.1 Å². The van der Waals surface area contributed by atoms with E-state index >= 15 is 0 Å². The number of nitrogens with zero attached hydrogens (tertiary/aromatic N) is 3. The van der Waals surface area contributed by atoms with E-state index in [2.05, 4.69) is 10.2 Å². The number of halogens is 2. The summed E-state index contributed by atoms with van der Waals surface area (Å²) in [5.74, 6) is -2.42. The minimum Gasteiger partial charge on any atom is -0.392 e. The second kappa shape index (κ2) is 9.09. The lowest BCUT2D eigenvalue weighted by Gasteiger charge is -2.40. The van der Waals surface area contributed by atoms with Crippen LogP contribution in [0.3, 0.4) is 0 Å². The smallest absolute Gasteiger partial charge is 0.260 e. The highest BCUT2D eigenvalue weighted by Crippen LogP contribution is 2.47. The molecule has 7 nitrogen and oxygen atoms in total. The number of amides is 1. The van der Waals surface area contributed by atoms with Gasteiger partial charge >= 0.3 is 0 Å². The van der Waals surface area contributed by atoms with Gasteiger partial charge in [-0.05, 0) is 37.5 Å². The van der Waals surface area contributed by atoms with Crippen molar-refractivity contribution in [2.45, 2.75) is 47.1 Å². The number of carbonyl (C=O) groups excluding carboxylic acids is 1. The molecule has 0 radical (unpaired) electrons. The molecule has 34 heavy (non-hydrogen) atoms. The van der Waals surface area contributed by atoms with E-state index in [0.29, 0.717) is 34.7 Å². The van der Waals surface area contributed by atoms with E-state index in [0.717, 1.165) is 27.9 Å². The van der Waals surface area contributed by atoms with Crippen molar-refractivity contribution in [2.75, 3.05) is 18.5 Å². The summed E-state index contributed by atoms with van der Waals surface area (Å²) >= 11 is 1.35. The molecule has 1 aliphatic rings. The number of aryl methyl sites for hydroxylation is 2. The molecule has 0 aliphatic carbocycles. The molecule has 3 aromatic rings. The van der Waals surface area contributed by atoms with Crippen LogP contribution >= 0.6 is 11.3 Å². The maximum atomic E-state index is 14.5. The van der Waals surface area contributed by atoms with Crippen molar-refractivity contribution in [3.05, 3.63) is 56.7 Å². The molecule has 3 N–H and O–H groups in total. The van der Waals surface area contributed by atoms with E-state index in [1.165, 1.54) is 29.4 Å². The van der Waals surface area contributed by atoms with Crippen molar-refractivity contribution in [2.24, 2.45) is 5.92 Å². The summed E-state index contributed by atoms with van der Waals surface area (Å²) in [5, 5.41) is 28.2. The number of fused-ring (bicyclic) bond motifs is 1. The molecule has 0 fully saturated rings. The summed E-state index contributed by atoms with van der Waals surface area (Å²) in [7, 11) is 1.51. The highest BCUT2D eigenvalue weighted by molar-refractivity contribution is 7.17. The average Bonchev–Trinajstić information content (AvgIpc) is 3.32. The number of aromatic nitrogens is 2. The molecule has 0 bridgehead atoms. The molecule has 0 spiro atoms. The molecule has 1 aromatic carbocycles. The fraction of sp³-hybridized carbons (Fsp3) is 0.417. The lowest BCUT2D eigenvalue weighted by Crippen LogP contribution is -2.54. The van der Waals surface area contributed by atoms with Crippen molar-refractivity contribution < 1.29 is 23.8 Å². The summed E-state index contributed by atoms with van der Waals surface area (Å²) in [6.45, 7) is 7.62. The maximum Gasteiger partial charge on any atom is 0.260 e. The number of aliphatic hydroxyl groups is 2. The third-order valence-electron chi connectivity index (χ3n) is 6.13. The predicted octanol–water partition coefficient (Wildman–Crippen LogP) is 3.94. The van der Waals surface area contributed by atoms with E-state index in [9.17, 15) is 23.8 Å². The number of hydrogen-bond donors (Lipinski definition) is 3. The lowest BCUT2D eigenvalue weighted by atomic mass is 9.94. The number of hydrogen-bond acceptors (Lipinski definition) is 6. The molecule has 1 atom stereocenters. The summed E-state index contributed by atoms with van der Waals surface area (Å²) in [6, 6.07) is 2.44. The molecule has 1 aliphatic heterocycles. The molecule has 1 amide bonds. The zero-order valence-electron chi connectivity index (χ0n) is 19.7. The average molecular weight is 491 g/mol. The van der Waals surface area contributed by atoms with E-state index < -0.39 is 30.5 Å². The lowest BCUT2D eigenvalue weighted by molar-refractivity contribution is 0.0133. The van der Waals surface area contributed by atoms with Crippen LogP contribution in [0.25, 0.3) is 11.1 Å². The van der Waals surface area contributed by atoms with Crippen LogP contribution in [0.15, 0.2) is 12.1 Å². The van der Waals surface area contributed by atoms with Gasteiger partial charge in [0.15, 0.2) is 11.6 Å². The Morgan fingerprint density at radius 3 is 2.53 bits per heavy atom. The molecular formula is C24H28F2N4O3S. The maximum absolute atomic E-state index is 14.5. The number of aromatic amines is 1. The largest absolute Gasteiger partial charge is 0.392 e. The van der Waals surface area contributed by atoms with Gasteiger partial charge in [0.25, 0.3) is 5.91 Å². The van der Waals surface area contributed by atoms with Crippen LogP contribution < -0.4 is 4.90 Å². The molecule has 2 aromatic heterocycles. The Labute approximate surface area is 200 Å². The Morgan fingerprint density at radius 2 is 1.94 bits per heavy atom. The SMILES string of the molecule is Cc1n[nH]c(C)c1Cc1sc2c(c1-c1cc(F)c(F)c(CO)c1)C(=O)N(C)C(O)N2CC(C)C. The van der Waals surface area contributed by atoms with E-state index in [4.69, 9.17) is 0 Å². The van der Waals surface area contributed by atoms with Crippen LogP contribution in [-0.4, -0.2) is 51.2 Å². The Hall–Kier alpha value is -2.82. The fourth-order valence-electron chi connectivity index (χ4n) is 4.36. The Morgan fingerprint density at radius 1 is 1.24 bits per heavy atom. The molecule has 0 saturated heterocycles. The topological polar surface area (TPSA) is 92.7 Å². The number of thiophene rings is 1. The van der Waals surface area contributed by atoms with Crippen LogP contribution in [0.5, 0.6) is 0 Å². The van der Waals surface area contributed by atoms with Crippen LogP contribution in [0, 0.1) is 31.4 Å².